The smallest absolute Gasteiger partial charge is 0.265 e. The summed E-state index contributed by atoms with van der Waals surface area (Å²) < 4.78 is 0. The molecule has 0 saturated carbocycles. The first-order chi connectivity index (χ1) is 7.68. The molecule has 0 fully saturated rings. The molecule has 0 N–H and O–H groups in total. The Hall–Kier alpha value is -2.01. The van der Waals surface area contributed by atoms with Crippen molar-refractivity contribution in [2.24, 2.45) is 0 Å². The molecule has 2 aromatic rings. The van der Waals surface area contributed by atoms with Crippen molar-refractivity contribution in [2.45, 2.75) is 0 Å². The van der Waals surface area contributed by atoms with Crippen LogP contribution in [0.3, 0.4) is 0 Å². The minimum atomic E-state index is -0.505. The molecule has 0 spiro atoms. The lowest BCUT2D eigenvalue weighted by molar-refractivity contribution is -0.384. The number of rotatable bonds is 2. The van der Waals surface area contributed by atoms with Crippen molar-refractivity contribution in [3.63, 3.8) is 0 Å². The lowest BCUT2D eigenvalue weighted by Crippen LogP contribution is -1.94. The minimum absolute atomic E-state index is 0.112. The van der Waals surface area contributed by atoms with Gasteiger partial charge in [-0.3, -0.25) is 15.1 Å². The number of aromatic nitrogens is 2. The second kappa shape index (κ2) is 4.24. The number of nitrogens with zero attached hydrogens (tertiary/aromatic N) is 3. The molecule has 5 nitrogen and oxygen atoms in total. The fraction of sp³-hybridized carbons (Fsp3) is 0. The molecule has 6 heteroatoms. The summed E-state index contributed by atoms with van der Waals surface area (Å²) in [5, 5.41) is 11.1. The normalized spacial score (nSPS) is 10.1. The van der Waals surface area contributed by atoms with Gasteiger partial charge in [0.05, 0.1) is 9.95 Å². The highest BCUT2D eigenvalue weighted by molar-refractivity contribution is 6.30. The fourth-order valence-corrected chi connectivity index (χ4v) is 1.45. The molecule has 0 unspecified atom stereocenters. The first-order valence-corrected chi connectivity index (χ1v) is 4.76. The molecule has 2 heterocycles. The van der Waals surface area contributed by atoms with Gasteiger partial charge in [-0.25, -0.2) is 4.98 Å². The van der Waals surface area contributed by atoms with Crippen LogP contribution >= 0.6 is 11.6 Å². The van der Waals surface area contributed by atoms with E-state index >= 15 is 0 Å². The molecule has 0 aliphatic rings. The highest BCUT2D eigenvalue weighted by atomic mass is 35.5. The van der Waals surface area contributed by atoms with Gasteiger partial charge >= 0.3 is 0 Å². The first kappa shape index (κ1) is 10.5. The van der Waals surface area contributed by atoms with Crippen LogP contribution in [-0.2, 0) is 0 Å². The molecule has 0 radical (unpaired) electrons. The van der Waals surface area contributed by atoms with E-state index in [2.05, 4.69) is 9.97 Å². The Morgan fingerprint density at radius 3 is 2.62 bits per heavy atom. The standard InChI is InChI=1S/C10H6ClN3O2/c11-8-5-9(14(15)16)10(13-6-8)7-1-3-12-4-2-7/h1-6H. The second-order valence-electron chi connectivity index (χ2n) is 3.01. The van der Waals surface area contributed by atoms with Crippen LogP contribution in [0.25, 0.3) is 11.3 Å². The second-order valence-corrected chi connectivity index (χ2v) is 3.45. The number of hydrogen-bond acceptors (Lipinski definition) is 4. The van der Waals surface area contributed by atoms with Crippen molar-refractivity contribution in [3.8, 4) is 11.3 Å². The summed E-state index contributed by atoms with van der Waals surface area (Å²) in [5.41, 5.74) is 0.814. The summed E-state index contributed by atoms with van der Waals surface area (Å²) in [6, 6.07) is 4.59. The Bertz CT molecular complexity index is 531. The predicted molar refractivity (Wildman–Crippen MR) is 59.1 cm³/mol. The Morgan fingerprint density at radius 2 is 2.00 bits per heavy atom. The molecule has 0 aromatic carbocycles. The highest BCUT2D eigenvalue weighted by Crippen LogP contribution is 2.29. The van der Waals surface area contributed by atoms with Gasteiger partial charge in [-0.2, -0.15) is 0 Å². The molecule has 0 atom stereocenters. The highest BCUT2D eigenvalue weighted by Gasteiger charge is 2.17. The topological polar surface area (TPSA) is 68.9 Å². The van der Waals surface area contributed by atoms with Gasteiger partial charge in [0.15, 0.2) is 0 Å². The third-order valence-corrected chi connectivity index (χ3v) is 2.19. The Balaban J connectivity index is 2.61. The fourth-order valence-electron chi connectivity index (χ4n) is 1.30. The summed E-state index contributed by atoms with van der Waals surface area (Å²) in [6.07, 6.45) is 4.48. The molecule has 16 heavy (non-hydrogen) atoms. The van der Waals surface area contributed by atoms with Crippen molar-refractivity contribution in [2.75, 3.05) is 0 Å². The number of hydrogen-bond donors (Lipinski definition) is 0. The van der Waals surface area contributed by atoms with Crippen molar-refractivity contribution in [3.05, 3.63) is 51.9 Å². The maximum Gasteiger partial charge on any atom is 0.296 e. The van der Waals surface area contributed by atoms with Crippen LogP contribution in [0.4, 0.5) is 5.69 Å². The maximum atomic E-state index is 10.8. The molecule has 80 valence electrons. The van der Waals surface area contributed by atoms with E-state index in [4.69, 9.17) is 11.6 Å². The van der Waals surface area contributed by atoms with Crippen LogP contribution in [0.1, 0.15) is 0 Å². The zero-order chi connectivity index (χ0) is 11.5. The molecule has 0 amide bonds. The SMILES string of the molecule is O=[N+]([O-])c1cc(Cl)cnc1-c1ccncc1. The van der Waals surface area contributed by atoms with Crippen molar-refractivity contribution in [1.29, 1.82) is 0 Å². The molecular formula is C10H6ClN3O2. The van der Waals surface area contributed by atoms with Crippen LogP contribution in [-0.4, -0.2) is 14.9 Å². The van der Waals surface area contributed by atoms with Crippen LogP contribution in [0.15, 0.2) is 36.8 Å². The lowest BCUT2D eigenvalue weighted by atomic mass is 10.1. The minimum Gasteiger partial charge on any atom is -0.265 e. The lowest BCUT2D eigenvalue weighted by Gasteiger charge is -2.01. The van der Waals surface area contributed by atoms with Gasteiger partial charge in [0, 0.05) is 30.2 Å². The van der Waals surface area contributed by atoms with E-state index < -0.39 is 4.92 Å². The van der Waals surface area contributed by atoms with Crippen molar-refractivity contribution < 1.29 is 4.92 Å². The van der Waals surface area contributed by atoms with Gasteiger partial charge in [-0.05, 0) is 12.1 Å². The van der Waals surface area contributed by atoms with Gasteiger partial charge < -0.3 is 0 Å². The van der Waals surface area contributed by atoms with Crippen LogP contribution in [0.2, 0.25) is 5.02 Å². The van der Waals surface area contributed by atoms with Crippen LogP contribution < -0.4 is 0 Å². The molecule has 2 aromatic heterocycles. The quantitative estimate of drug-likeness (QED) is 0.593. The molecule has 0 aliphatic heterocycles. The Kier molecular flexibility index (Phi) is 2.78. The molecule has 0 aliphatic carbocycles. The summed E-state index contributed by atoms with van der Waals surface area (Å²) in [6.45, 7) is 0. The van der Waals surface area contributed by atoms with Gasteiger partial charge in [0.2, 0.25) is 0 Å². The number of nitro groups is 1. The Labute approximate surface area is 95.9 Å². The third kappa shape index (κ3) is 1.99. The summed E-state index contributed by atoms with van der Waals surface area (Å²) >= 11 is 5.67. The van der Waals surface area contributed by atoms with E-state index in [1.165, 1.54) is 12.3 Å². The average Bonchev–Trinajstić information content (AvgIpc) is 2.30. The first-order valence-electron chi connectivity index (χ1n) is 4.39. The number of pyridine rings is 2. The molecule has 0 saturated heterocycles. The van der Waals surface area contributed by atoms with E-state index in [0.29, 0.717) is 5.56 Å². The summed E-state index contributed by atoms with van der Waals surface area (Å²) in [4.78, 5) is 18.1. The molecule has 2 rings (SSSR count). The zero-order valence-corrected chi connectivity index (χ0v) is 8.76. The van der Waals surface area contributed by atoms with Crippen LogP contribution in [0.5, 0.6) is 0 Å². The Morgan fingerprint density at radius 1 is 1.31 bits per heavy atom. The van der Waals surface area contributed by atoms with E-state index in [1.54, 1.807) is 24.5 Å². The van der Waals surface area contributed by atoms with E-state index in [0.717, 1.165) is 0 Å². The van der Waals surface area contributed by atoms with Gasteiger partial charge in [-0.1, -0.05) is 11.6 Å². The summed E-state index contributed by atoms with van der Waals surface area (Å²) in [7, 11) is 0. The molecular weight excluding hydrogens is 230 g/mol. The van der Waals surface area contributed by atoms with Crippen LogP contribution in [0, 0.1) is 10.1 Å². The monoisotopic (exact) mass is 235 g/mol. The average molecular weight is 236 g/mol. The third-order valence-electron chi connectivity index (χ3n) is 1.98. The summed E-state index contributed by atoms with van der Waals surface area (Å²) in [5.74, 6) is 0. The van der Waals surface area contributed by atoms with E-state index in [-0.39, 0.29) is 16.4 Å². The van der Waals surface area contributed by atoms with E-state index in [9.17, 15) is 10.1 Å². The zero-order valence-electron chi connectivity index (χ0n) is 8.00. The van der Waals surface area contributed by atoms with Crippen molar-refractivity contribution in [1.82, 2.24) is 9.97 Å². The van der Waals surface area contributed by atoms with Crippen molar-refractivity contribution >= 4 is 17.3 Å². The van der Waals surface area contributed by atoms with Gasteiger partial charge in [0.25, 0.3) is 5.69 Å². The van der Waals surface area contributed by atoms with Gasteiger partial charge in [0.1, 0.15) is 5.69 Å². The van der Waals surface area contributed by atoms with Gasteiger partial charge in [-0.15, -0.1) is 0 Å². The number of halogens is 1. The molecule has 0 bridgehead atoms. The predicted octanol–water partition coefficient (Wildman–Crippen LogP) is 2.71. The van der Waals surface area contributed by atoms with E-state index in [1.807, 2.05) is 0 Å². The maximum absolute atomic E-state index is 10.8. The largest absolute Gasteiger partial charge is 0.296 e.